The lowest BCUT2D eigenvalue weighted by atomic mass is 9.93. The van der Waals surface area contributed by atoms with Crippen LogP contribution in [0.5, 0.6) is 0 Å². The summed E-state index contributed by atoms with van der Waals surface area (Å²) < 4.78 is 0. The van der Waals surface area contributed by atoms with Gasteiger partial charge in [0.25, 0.3) is 0 Å². The van der Waals surface area contributed by atoms with Crippen molar-refractivity contribution in [2.24, 2.45) is 11.7 Å². The zero-order chi connectivity index (χ0) is 16.1. The third-order valence-corrected chi connectivity index (χ3v) is 4.98. The Morgan fingerprint density at radius 2 is 2.00 bits per heavy atom. The number of hydrogen-bond donors (Lipinski definition) is 1. The van der Waals surface area contributed by atoms with E-state index < -0.39 is 0 Å². The molecule has 1 heterocycles. The van der Waals surface area contributed by atoms with E-state index in [9.17, 15) is 4.79 Å². The van der Waals surface area contributed by atoms with Gasteiger partial charge in [0.1, 0.15) is 0 Å². The van der Waals surface area contributed by atoms with Gasteiger partial charge in [-0.1, -0.05) is 42.5 Å². The molecule has 1 atom stereocenters. The van der Waals surface area contributed by atoms with Gasteiger partial charge in [0.05, 0.1) is 0 Å². The van der Waals surface area contributed by atoms with Gasteiger partial charge in [-0.15, -0.1) is 0 Å². The first kappa shape index (κ1) is 16.0. The van der Waals surface area contributed by atoms with Crippen molar-refractivity contribution in [2.45, 2.75) is 32.1 Å². The maximum atomic E-state index is 11.0. The van der Waals surface area contributed by atoms with Crippen LogP contribution in [-0.4, -0.2) is 30.4 Å². The van der Waals surface area contributed by atoms with Gasteiger partial charge < -0.3 is 10.6 Å². The fourth-order valence-corrected chi connectivity index (χ4v) is 3.73. The van der Waals surface area contributed by atoms with Gasteiger partial charge >= 0.3 is 0 Å². The van der Waals surface area contributed by atoms with Crippen LogP contribution in [0.1, 0.15) is 31.2 Å². The summed E-state index contributed by atoms with van der Waals surface area (Å²) in [5.41, 5.74) is 6.71. The summed E-state index contributed by atoms with van der Waals surface area (Å²) in [4.78, 5) is 13.5. The predicted molar refractivity (Wildman–Crippen MR) is 95.2 cm³/mol. The van der Waals surface area contributed by atoms with Crippen molar-refractivity contribution in [1.29, 1.82) is 0 Å². The molecule has 2 aromatic carbocycles. The highest BCUT2D eigenvalue weighted by atomic mass is 16.1. The molecule has 23 heavy (non-hydrogen) atoms. The maximum Gasteiger partial charge on any atom is 0.217 e. The Labute approximate surface area is 138 Å². The van der Waals surface area contributed by atoms with Crippen molar-refractivity contribution in [3.05, 3.63) is 48.0 Å². The van der Waals surface area contributed by atoms with E-state index in [0.29, 0.717) is 12.3 Å². The molecule has 0 spiro atoms. The molecule has 122 valence electrons. The average molecular weight is 310 g/mol. The van der Waals surface area contributed by atoms with E-state index in [-0.39, 0.29) is 5.91 Å². The highest BCUT2D eigenvalue weighted by molar-refractivity contribution is 5.85. The summed E-state index contributed by atoms with van der Waals surface area (Å²) in [5.74, 6) is 0.460. The number of benzene rings is 2. The zero-order valence-electron chi connectivity index (χ0n) is 13.7. The van der Waals surface area contributed by atoms with E-state index in [4.69, 9.17) is 5.73 Å². The van der Waals surface area contributed by atoms with Crippen LogP contribution in [0.4, 0.5) is 0 Å². The normalized spacial score (nSPS) is 19.0. The predicted octanol–water partition coefficient (Wildman–Crippen LogP) is 3.36. The van der Waals surface area contributed by atoms with Gasteiger partial charge in [0.2, 0.25) is 5.91 Å². The topological polar surface area (TPSA) is 46.3 Å². The van der Waals surface area contributed by atoms with Crippen molar-refractivity contribution in [1.82, 2.24) is 4.90 Å². The average Bonchev–Trinajstić information content (AvgIpc) is 2.58. The molecule has 0 aliphatic carbocycles. The van der Waals surface area contributed by atoms with Crippen LogP contribution in [0.15, 0.2) is 42.5 Å². The van der Waals surface area contributed by atoms with Crippen molar-refractivity contribution < 1.29 is 4.79 Å². The van der Waals surface area contributed by atoms with Crippen molar-refractivity contribution >= 4 is 16.7 Å². The highest BCUT2D eigenvalue weighted by Gasteiger charge is 2.20. The SMILES string of the molecule is NC(=O)CCC1CCCN(CCc2cccc3ccccc23)C1. The van der Waals surface area contributed by atoms with Crippen LogP contribution in [-0.2, 0) is 11.2 Å². The molecule has 1 unspecified atom stereocenters. The van der Waals surface area contributed by atoms with Gasteiger partial charge in [-0.3, -0.25) is 4.79 Å². The second-order valence-corrected chi connectivity index (χ2v) is 6.70. The molecule has 1 fully saturated rings. The second-order valence-electron chi connectivity index (χ2n) is 6.70. The summed E-state index contributed by atoms with van der Waals surface area (Å²) in [7, 11) is 0. The molecule has 3 heteroatoms. The summed E-state index contributed by atoms with van der Waals surface area (Å²) >= 11 is 0. The van der Waals surface area contributed by atoms with Crippen LogP contribution in [0.2, 0.25) is 0 Å². The number of hydrogen-bond acceptors (Lipinski definition) is 2. The molecule has 0 saturated carbocycles. The Bertz CT molecular complexity index is 662. The van der Waals surface area contributed by atoms with Crippen LogP contribution < -0.4 is 5.73 Å². The maximum absolute atomic E-state index is 11.0. The standard InChI is InChI=1S/C20H26N2O/c21-20(23)11-10-16-5-4-13-22(15-16)14-12-18-8-3-7-17-6-1-2-9-19(17)18/h1-3,6-9,16H,4-5,10-15H2,(H2,21,23). The third kappa shape index (κ3) is 4.32. The van der Waals surface area contributed by atoms with Crippen LogP contribution in [0.25, 0.3) is 10.8 Å². The van der Waals surface area contributed by atoms with E-state index in [1.807, 2.05) is 0 Å². The number of primary amides is 1. The minimum Gasteiger partial charge on any atom is -0.370 e. The number of rotatable bonds is 6. The molecular weight excluding hydrogens is 284 g/mol. The van der Waals surface area contributed by atoms with Crippen molar-refractivity contribution in [3.63, 3.8) is 0 Å². The van der Waals surface area contributed by atoms with Gasteiger partial charge in [0, 0.05) is 19.5 Å². The van der Waals surface area contributed by atoms with Crippen LogP contribution in [0, 0.1) is 5.92 Å². The second kappa shape index (κ2) is 7.60. The smallest absolute Gasteiger partial charge is 0.217 e. The highest BCUT2D eigenvalue weighted by Crippen LogP contribution is 2.23. The summed E-state index contributed by atoms with van der Waals surface area (Å²) in [5, 5.41) is 2.69. The first-order valence-electron chi connectivity index (χ1n) is 8.69. The number of piperidine rings is 1. The Kier molecular flexibility index (Phi) is 5.29. The van der Waals surface area contributed by atoms with E-state index >= 15 is 0 Å². The Morgan fingerprint density at radius 1 is 1.17 bits per heavy atom. The minimum absolute atomic E-state index is 0.169. The summed E-state index contributed by atoms with van der Waals surface area (Å²) in [6.45, 7) is 3.39. The van der Waals surface area contributed by atoms with Gasteiger partial charge in [-0.25, -0.2) is 0 Å². The molecule has 1 aliphatic heterocycles. The van der Waals surface area contributed by atoms with Gasteiger partial charge in [-0.2, -0.15) is 0 Å². The van der Waals surface area contributed by atoms with E-state index in [1.165, 1.54) is 35.7 Å². The summed E-state index contributed by atoms with van der Waals surface area (Å²) in [6, 6.07) is 15.2. The molecule has 1 amide bonds. The monoisotopic (exact) mass is 310 g/mol. The van der Waals surface area contributed by atoms with E-state index in [2.05, 4.69) is 47.4 Å². The molecule has 3 rings (SSSR count). The number of carbonyl (C=O) groups excluding carboxylic acids is 1. The number of amides is 1. The largest absolute Gasteiger partial charge is 0.370 e. The Morgan fingerprint density at radius 3 is 2.87 bits per heavy atom. The molecule has 1 saturated heterocycles. The van der Waals surface area contributed by atoms with Gasteiger partial charge in [0.15, 0.2) is 0 Å². The lowest BCUT2D eigenvalue weighted by molar-refractivity contribution is -0.118. The van der Waals surface area contributed by atoms with E-state index in [1.54, 1.807) is 0 Å². The van der Waals surface area contributed by atoms with Crippen molar-refractivity contribution in [3.8, 4) is 0 Å². The lowest BCUT2D eigenvalue weighted by Gasteiger charge is -2.32. The number of fused-ring (bicyclic) bond motifs is 1. The fraction of sp³-hybridized carbons (Fsp3) is 0.450. The Balaban J connectivity index is 1.58. The van der Waals surface area contributed by atoms with Gasteiger partial charge in [-0.05, 0) is 54.5 Å². The first-order valence-corrected chi connectivity index (χ1v) is 8.69. The number of nitrogens with zero attached hydrogens (tertiary/aromatic N) is 1. The molecule has 1 aliphatic rings. The molecule has 0 aromatic heterocycles. The van der Waals surface area contributed by atoms with Crippen LogP contribution >= 0.6 is 0 Å². The van der Waals surface area contributed by atoms with Crippen molar-refractivity contribution in [2.75, 3.05) is 19.6 Å². The minimum atomic E-state index is -0.169. The zero-order valence-corrected chi connectivity index (χ0v) is 13.7. The number of carbonyl (C=O) groups is 1. The molecule has 3 nitrogen and oxygen atoms in total. The molecule has 2 aromatic rings. The Hall–Kier alpha value is -1.87. The fourth-order valence-electron chi connectivity index (χ4n) is 3.73. The number of nitrogens with two attached hydrogens (primary N) is 1. The first-order chi connectivity index (χ1) is 11.2. The molecule has 2 N–H and O–H groups in total. The molecular formula is C20H26N2O. The lowest BCUT2D eigenvalue weighted by Crippen LogP contribution is -2.37. The quantitative estimate of drug-likeness (QED) is 0.889. The summed E-state index contributed by atoms with van der Waals surface area (Å²) in [6.07, 6.45) is 5.03. The molecule has 0 radical (unpaired) electrons. The van der Waals surface area contributed by atoms with Crippen LogP contribution in [0.3, 0.4) is 0 Å². The number of likely N-dealkylation sites (tertiary alicyclic amines) is 1. The third-order valence-electron chi connectivity index (χ3n) is 4.98. The van der Waals surface area contributed by atoms with E-state index in [0.717, 1.165) is 25.9 Å². The molecule has 0 bridgehead atoms.